The standard InChI is InChI=1S/C17H35O6.C6H13O4.Rf/c1-17(2,13-22-9-5-7-15(18)11-20-3)14-23-10-6-8-16(19)12-21-4;1-9-4-6(8)5-10-3-2-7;/h15-16,18-19H,3,5-14H2,1-2,4H3;6-8H,1-5H2;/q2*-1;. The van der Waals surface area contributed by atoms with E-state index in [1.165, 1.54) is 0 Å². The Morgan fingerprint density at radius 1 is 0.706 bits per heavy atom. The van der Waals surface area contributed by atoms with Crippen molar-refractivity contribution in [2.24, 2.45) is 5.41 Å². The molecule has 4 N–H and O–H groups in total. The Morgan fingerprint density at radius 3 is 1.62 bits per heavy atom. The maximum Gasteiger partial charge on any atom is 0.0976 e. The molecule has 34 heavy (non-hydrogen) atoms. The minimum absolute atomic E-state index is 0. The van der Waals surface area contributed by atoms with Gasteiger partial charge in [0.25, 0.3) is 0 Å². The molecule has 204 valence electrons. The van der Waals surface area contributed by atoms with Crippen LogP contribution in [0.4, 0.5) is 0 Å². The SMILES string of the molecule is [CH2-]OCC(O)CCCOCC(C)(C)COCCCC(O)COC.[CH2-]OCC(O)COCCO.[Rf]. The van der Waals surface area contributed by atoms with Crippen LogP contribution in [-0.2, 0) is 28.4 Å². The van der Waals surface area contributed by atoms with Gasteiger partial charge in [0.05, 0.1) is 58.0 Å². The van der Waals surface area contributed by atoms with E-state index in [0.717, 1.165) is 12.8 Å². The van der Waals surface area contributed by atoms with Crippen LogP contribution in [0, 0.1) is 19.6 Å². The van der Waals surface area contributed by atoms with Crippen molar-refractivity contribution in [2.75, 3.05) is 73.2 Å². The summed E-state index contributed by atoms with van der Waals surface area (Å²) >= 11 is 0. The Balaban J connectivity index is -0.000000736. The summed E-state index contributed by atoms with van der Waals surface area (Å²) in [5.41, 5.74) is -0.0553. The van der Waals surface area contributed by atoms with Gasteiger partial charge in [0.2, 0.25) is 0 Å². The van der Waals surface area contributed by atoms with Crippen molar-refractivity contribution in [3.8, 4) is 0 Å². The minimum atomic E-state index is -0.649. The Labute approximate surface area is 200 Å². The van der Waals surface area contributed by atoms with Gasteiger partial charge in [-0.05, 0) is 25.7 Å². The molecular formula is C23H48O10Rf-2. The van der Waals surface area contributed by atoms with E-state index in [-0.39, 0.29) is 38.4 Å². The second-order valence-electron chi connectivity index (χ2n) is 8.51. The number of aliphatic hydroxyl groups excluding tert-OH is 4. The van der Waals surface area contributed by atoms with Crippen molar-refractivity contribution in [3.63, 3.8) is 0 Å². The Morgan fingerprint density at radius 2 is 1.18 bits per heavy atom. The molecule has 0 aliphatic heterocycles. The van der Waals surface area contributed by atoms with Gasteiger partial charge < -0.3 is 48.8 Å². The summed E-state index contributed by atoms with van der Waals surface area (Å²) < 4.78 is 30.0. The third-order valence-corrected chi connectivity index (χ3v) is 4.16. The van der Waals surface area contributed by atoms with E-state index in [2.05, 4.69) is 37.5 Å². The zero-order chi connectivity index (χ0) is 25.4. The molecular weight excluding hydrogens is 703 g/mol. The van der Waals surface area contributed by atoms with Crippen molar-refractivity contribution in [2.45, 2.75) is 57.8 Å². The van der Waals surface area contributed by atoms with Crippen LogP contribution in [0.2, 0.25) is 0 Å². The van der Waals surface area contributed by atoms with Crippen LogP contribution in [0.1, 0.15) is 39.5 Å². The van der Waals surface area contributed by atoms with Crippen molar-refractivity contribution in [1.82, 2.24) is 0 Å². The van der Waals surface area contributed by atoms with Crippen LogP contribution in [0.15, 0.2) is 0 Å². The van der Waals surface area contributed by atoms with Crippen molar-refractivity contribution >= 4 is 0 Å². The molecule has 10 nitrogen and oxygen atoms in total. The molecule has 0 aromatic carbocycles. The second-order valence-corrected chi connectivity index (χ2v) is 8.51. The van der Waals surface area contributed by atoms with Gasteiger partial charge in [-0.3, -0.25) is 0 Å². The molecule has 0 aliphatic rings. The normalized spacial score (nSPS) is 14.0. The summed E-state index contributed by atoms with van der Waals surface area (Å²) in [5, 5.41) is 36.2. The van der Waals surface area contributed by atoms with Crippen molar-refractivity contribution in [3.05, 3.63) is 14.2 Å². The summed E-state index contributed by atoms with van der Waals surface area (Å²) in [7, 11) is 7.91. The first-order valence-electron chi connectivity index (χ1n) is 11.3. The molecule has 11 heteroatoms. The topological polar surface area (TPSA) is 136 Å². The van der Waals surface area contributed by atoms with Gasteiger partial charge in [0.15, 0.2) is 0 Å². The predicted octanol–water partition coefficient (Wildman–Crippen LogP) is 0.947. The summed E-state index contributed by atoms with van der Waals surface area (Å²) in [6.45, 7) is 7.84. The van der Waals surface area contributed by atoms with E-state index in [9.17, 15) is 10.2 Å². The molecule has 0 radical (unpaired) electrons. The van der Waals surface area contributed by atoms with Crippen LogP contribution >= 0.6 is 0 Å². The number of hydrogen-bond acceptors (Lipinski definition) is 10. The van der Waals surface area contributed by atoms with Crippen LogP contribution in [0.25, 0.3) is 0 Å². The van der Waals surface area contributed by atoms with Crippen molar-refractivity contribution < 1.29 is 48.8 Å². The fourth-order valence-corrected chi connectivity index (χ4v) is 2.54. The summed E-state index contributed by atoms with van der Waals surface area (Å²) in [6, 6.07) is 0. The van der Waals surface area contributed by atoms with Crippen molar-refractivity contribution in [1.29, 1.82) is 0 Å². The van der Waals surface area contributed by atoms with Crippen LogP contribution in [-0.4, -0.2) is 112 Å². The van der Waals surface area contributed by atoms with Crippen LogP contribution in [0.3, 0.4) is 0 Å². The first-order valence-corrected chi connectivity index (χ1v) is 11.3. The van der Waals surface area contributed by atoms with Gasteiger partial charge in [-0.25, -0.2) is 14.2 Å². The van der Waals surface area contributed by atoms with Gasteiger partial charge in [-0.1, -0.05) is 13.8 Å². The van der Waals surface area contributed by atoms with Crippen LogP contribution < -0.4 is 0 Å². The number of methoxy groups -OCH3 is 1. The zero-order valence-corrected chi connectivity index (χ0v) is 27.9. The molecule has 0 heterocycles. The smallest absolute Gasteiger partial charge is 0.0976 e. The first kappa shape index (κ1) is 37.2. The monoisotopic (exact) mass is 751 g/mol. The summed E-state index contributed by atoms with van der Waals surface area (Å²) in [5.74, 6) is 0. The van der Waals surface area contributed by atoms with E-state index >= 15 is 0 Å². The number of hydrogen-bond donors (Lipinski definition) is 4. The predicted molar refractivity (Wildman–Crippen MR) is 124 cm³/mol. The summed E-state index contributed by atoms with van der Waals surface area (Å²) in [4.78, 5) is 0. The molecule has 0 bridgehead atoms. The minimum Gasteiger partial charge on any atom is -0.553 e. The molecule has 0 fully saturated rings. The maximum absolute atomic E-state index is 9.52. The maximum atomic E-state index is 9.52. The number of ether oxygens (including phenoxy) is 6. The van der Waals surface area contributed by atoms with Gasteiger partial charge >= 0.3 is 0 Å². The third-order valence-electron chi connectivity index (χ3n) is 4.16. The van der Waals surface area contributed by atoms with Gasteiger partial charge in [0, 0.05) is 39.0 Å². The first-order chi connectivity index (χ1) is 15.7. The Hall–Kier alpha value is -1.40. The molecule has 0 amide bonds. The van der Waals surface area contributed by atoms with E-state index in [1.54, 1.807) is 7.11 Å². The van der Waals surface area contributed by atoms with Gasteiger partial charge in [-0.15, -0.1) is 0 Å². The molecule has 3 unspecified atom stereocenters. The van der Waals surface area contributed by atoms with Crippen LogP contribution in [0.5, 0.6) is 0 Å². The zero-order valence-electron chi connectivity index (χ0n) is 21.5. The molecule has 0 saturated carbocycles. The molecule has 0 aromatic rings. The molecule has 0 aromatic heterocycles. The quantitative estimate of drug-likeness (QED) is 0.0936. The molecule has 0 saturated heterocycles. The number of rotatable bonds is 22. The largest absolute Gasteiger partial charge is 0.553 e. The molecule has 3 atom stereocenters. The molecule has 0 spiro atoms. The van der Waals surface area contributed by atoms with E-state index in [4.69, 9.17) is 29.2 Å². The van der Waals surface area contributed by atoms with E-state index in [0.29, 0.717) is 45.9 Å². The summed E-state index contributed by atoms with van der Waals surface area (Å²) in [6.07, 6.45) is 1.40. The fourth-order valence-electron chi connectivity index (χ4n) is 2.54. The van der Waals surface area contributed by atoms with E-state index in [1.807, 2.05) is 0 Å². The average molecular weight is 752 g/mol. The van der Waals surface area contributed by atoms with E-state index < -0.39 is 18.3 Å². The average Bonchev–Trinajstić information content (AvgIpc) is 2.74. The van der Waals surface area contributed by atoms with Gasteiger partial charge in [0.1, 0.15) is 0 Å². The number of aliphatic hydroxyl groups is 4. The molecule has 0 aliphatic carbocycles. The third kappa shape index (κ3) is 28.6. The second kappa shape index (κ2) is 26.2. The van der Waals surface area contributed by atoms with Gasteiger partial charge in [-0.2, -0.15) is 0 Å². The molecule has 0 rings (SSSR count). The Bertz CT molecular complexity index is 367. The fraction of sp³-hybridized carbons (Fsp3) is 0.913. The Kier molecular flexibility index (Phi) is 28.6.